The number of nitrogens with zero attached hydrogens (tertiary/aromatic N) is 1. The second kappa shape index (κ2) is 14.8. The number of H-pyrrole nitrogens is 1. The molecular formula is C20H31N9O8. The lowest BCUT2D eigenvalue weighted by Gasteiger charge is -2.24. The van der Waals surface area contributed by atoms with Crippen LogP contribution in [0.3, 0.4) is 0 Å². The van der Waals surface area contributed by atoms with Crippen LogP contribution in [0.15, 0.2) is 12.5 Å². The number of rotatable bonds is 17. The maximum atomic E-state index is 13.0. The number of carbonyl (C=O) groups excluding carboxylic acids is 6. The molecule has 17 nitrogen and oxygen atoms in total. The molecule has 0 aliphatic heterocycles. The van der Waals surface area contributed by atoms with Crippen LogP contribution in [0.2, 0.25) is 0 Å². The normalized spacial score (nSPS) is 13.9. The fourth-order valence-electron chi connectivity index (χ4n) is 3.03. The molecule has 0 aliphatic carbocycles. The van der Waals surface area contributed by atoms with E-state index in [1.807, 2.05) is 0 Å². The SMILES string of the molecule is NC(=O)CCC(N)C(=O)NC(Cc1cnc[nH]1)C(=O)NC(CC(N)=O)C(=O)NC(CCC(N)=O)C(=O)O. The van der Waals surface area contributed by atoms with Crippen LogP contribution in [-0.4, -0.2) is 80.7 Å². The minimum absolute atomic E-state index is 0.0891. The van der Waals surface area contributed by atoms with Gasteiger partial charge in [0.1, 0.15) is 18.1 Å². The van der Waals surface area contributed by atoms with E-state index in [-0.39, 0.29) is 32.1 Å². The Hall–Kier alpha value is -4.54. The molecule has 17 heteroatoms. The lowest BCUT2D eigenvalue weighted by molar-refractivity contribution is -0.142. The summed E-state index contributed by atoms with van der Waals surface area (Å²) in [5.74, 6) is -6.75. The van der Waals surface area contributed by atoms with Gasteiger partial charge in [-0.2, -0.15) is 0 Å². The van der Waals surface area contributed by atoms with Gasteiger partial charge in [0, 0.05) is 31.2 Å². The molecule has 4 atom stereocenters. The molecule has 0 spiro atoms. The number of aromatic nitrogens is 2. The number of hydrogen-bond donors (Lipinski definition) is 9. The standard InChI is InChI=1S/C20H31N9O8/c21-10(1-3-14(22)30)17(33)28-12(5-9-7-25-8-26-9)18(34)29-13(6-16(24)32)19(35)27-11(20(36)37)2-4-15(23)31/h7-8,10-13H,1-6,21H2,(H2,22,30)(H2,23,31)(H2,24,32)(H,25,26)(H,27,35)(H,28,33)(H,29,34)(H,36,37). The number of hydrogen-bond acceptors (Lipinski definition) is 9. The van der Waals surface area contributed by atoms with Crippen molar-refractivity contribution >= 4 is 41.4 Å². The first-order chi connectivity index (χ1) is 17.3. The van der Waals surface area contributed by atoms with E-state index < -0.39 is 72.0 Å². The number of aromatic amines is 1. The summed E-state index contributed by atoms with van der Waals surface area (Å²) in [7, 11) is 0. The maximum absolute atomic E-state index is 13.0. The third-order valence-corrected chi connectivity index (χ3v) is 4.98. The van der Waals surface area contributed by atoms with Gasteiger partial charge in [-0.3, -0.25) is 28.8 Å². The summed E-state index contributed by atoms with van der Waals surface area (Å²) in [5, 5.41) is 16.1. The van der Waals surface area contributed by atoms with Crippen LogP contribution in [-0.2, 0) is 40.0 Å². The molecule has 0 aliphatic rings. The summed E-state index contributed by atoms with van der Waals surface area (Å²) in [6.45, 7) is 0. The fourth-order valence-corrected chi connectivity index (χ4v) is 3.03. The highest BCUT2D eigenvalue weighted by molar-refractivity contribution is 5.96. The largest absolute Gasteiger partial charge is 0.480 e. The van der Waals surface area contributed by atoms with E-state index in [0.29, 0.717) is 5.69 Å². The Morgan fingerprint density at radius 3 is 1.86 bits per heavy atom. The Kier molecular flexibility index (Phi) is 12.2. The molecule has 4 unspecified atom stereocenters. The van der Waals surface area contributed by atoms with E-state index in [4.69, 9.17) is 22.9 Å². The number of primary amides is 3. The Bertz CT molecular complexity index is 998. The minimum Gasteiger partial charge on any atom is -0.480 e. The van der Waals surface area contributed by atoms with Gasteiger partial charge in [-0.1, -0.05) is 0 Å². The van der Waals surface area contributed by atoms with Crippen molar-refractivity contribution in [2.75, 3.05) is 0 Å². The highest BCUT2D eigenvalue weighted by atomic mass is 16.4. The van der Waals surface area contributed by atoms with Crippen molar-refractivity contribution in [3.05, 3.63) is 18.2 Å². The molecule has 0 saturated carbocycles. The van der Waals surface area contributed by atoms with Crippen molar-refractivity contribution in [3.8, 4) is 0 Å². The average molecular weight is 526 g/mol. The molecule has 0 fully saturated rings. The number of carboxylic acids is 1. The third kappa shape index (κ3) is 11.6. The van der Waals surface area contributed by atoms with Crippen molar-refractivity contribution < 1.29 is 38.7 Å². The van der Waals surface area contributed by atoms with Crippen LogP contribution in [0.1, 0.15) is 37.8 Å². The molecule has 6 amide bonds. The van der Waals surface area contributed by atoms with Crippen LogP contribution in [0.5, 0.6) is 0 Å². The highest BCUT2D eigenvalue weighted by Gasteiger charge is 2.31. The average Bonchev–Trinajstić information content (AvgIpc) is 3.31. The topological polar surface area (TPSA) is 309 Å². The van der Waals surface area contributed by atoms with E-state index >= 15 is 0 Å². The predicted octanol–water partition coefficient (Wildman–Crippen LogP) is -4.78. The summed E-state index contributed by atoms with van der Waals surface area (Å²) in [5.41, 5.74) is 21.4. The highest BCUT2D eigenvalue weighted by Crippen LogP contribution is 2.05. The monoisotopic (exact) mass is 525 g/mol. The molecule has 0 radical (unpaired) electrons. The molecule has 1 heterocycles. The number of carbonyl (C=O) groups is 7. The zero-order valence-electron chi connectivity index (χ0n) is 19.8. The number of amides is 6. The molecular weight excluding hydrogens is 494 g/mol. The van der Waals surface area contributed by atoms with Crippen LogP contribution in [0, 0.1) is 0 Å². The number of carboxylic acid groups (broad SMARTS) is 1. The van der Waals surface area contributed by atoms with Gasteiger partial charge in [0.25, 0.3) is 0 Å². The van der Waals surface area contributed by atoms with Crippen molar-refractivity contribution in [2.24, 2.45) is 22.9 Å². The van der Waals surface area contributed by atoms with E-state index in [1.54, 1.807) is 0 Å². The van der Waals surface area contributed by atoms with Crippen molar-refractivity contribution in [2.45, 2.75) is 62.7 Å². The summed E-state index contributed by atoms with van der Waals surface area (Å²) in [4.78, 5) is 89.7. The van der Waals surface area contributed by atoms with Gasteiger partial charge < -0.3 is 49.0 Å². The number of imidazole rings is 1. The van der Waals surface area contributed by atoms with E-state index in [0.717, 1.165) is 0 Å². The second-order valence-electron chi connectivity index (χ2n) is 8.09. The lowest BCUT2D eigenvalue weighted by atomic mass is 10.1. The molecule has 1 aromatic heterocycles. The maximum Gasteiger partial charge on any atom is 0.326 e. The van der Waals surface area contributed by atoms with Crippen LogP contribution < -0.4 is 38.9 Å². The summed E-state index contributed by atoms with van der Waals surface area (Å²) >= 11 is 0. The van der Waals surface area contributed by atoms with Gasteiger partial charge >= 0.3 is 5.97 Å². The molecule has 1 aromatic rings. The molecule has 0 bridgehead atoms. The van der Waals surface area contributed by atoms with E-state index in [9.17, 15) is 38.7 Å². The number of aliphatic carboxylic acids is 1. The zero-order chi connectivity index (χ0) is 28.1. The Balaban J connectivity index is 3.04. The zero-order valence-corrected chi connectivity index (χ0v) is 19.8. The van der Waals surface area contributed by atoms with Gasteiger partial charge in [-0.25, -0.2) is 9.78 Å². The molecule has 204 valence electrons. The molecule has 0 aromatic carbocycles. The predicted molar refractivity (Wildman–Crippen MR) is 124 cm³/mol. The summed E-state index contributed by atoms with van der Waals surface area (Å²) in [6, 6.07) is -5.68. The van der Waals surface area contributed by atoms with Crippen LogP contribution in [0.4, 0.5) is 0 Å². The second-order valence-corrected chi connectivity index (χ2v) is 8.09. The van der Waals surface area contributed by atoms with Gasteiger partial charge in [-0.15, -0.1) is 0 Å². The quantitative estimate of drug-likeness (QED) is 0.0934. The van der Waals surface area contributed by atoms with Crippen LogP contribution >= 0.6 is 0 Å². The van der Waals surface area contributed by atoms with Crippen molar-refractivity contribution in [1.29, 1.82) is 0 Å². The molecule has 37 heavy (non-hydrogen) atoms. The van der Waals surface area contributed by atoms with Gasteiger partial charge in [-0.05, 0) is 12.8 Å². The van der Waals surface area contributed by atoms with E-state index in [2.05, 4.69) is 25.9 Å². The Morgan fingerprint density at radius 2 is 1.35 bits per heavy atom. The number of nitrogens with one attached hydrogen (secondary N) is 4. The smallest absolute Gasteiger partial charge is 0.326 e. The first-order valence-electron chi connectivity index (χ1n) is 11.0. The molecule has 0 saturated heterocycles. The summed E-state index contributed by atoms with van der Waals surface area (Å²) in [6.07, 6.45) is 0.911. The van der Waals surface area contributed by atoms with E-state index in [1.165, 1.54) is 12.5 Å². The first-order valence-corrected chi connectivity index (χ1v) is 11.0. The molecule has 13 N–H and O–H groups in total. The van der Waals surface area contributed by atoms with Gasteiger partial charge in [0.15, 0.2) is 0 Å². The summed E-state index contributed by atoms with van der Waals surface area (Å²) < 4.78 is 0. The minimum atomic E-state index is -1.62. The van der Waals surface area contributed by atoms with Crippen molar-refractivity contribution in [1.82, 2.24) is 25.9 Å². The Morgan fingerprint density at radius 1 is 0.811 bits per heavy atom. The number of nitrogens with two attached hydrogens (primary N) is 4. The van der Waals surface area contributed by atoms with Crippen LogP contribution in [0.25, 0.3) is 0 Å². The van der Waals surface area contributed by atoms with Gasteiger partial charge in [0.2, 0.25) is 35.4 Å². The third-order valence-electron chi connectivity index (χ3n) is 4.98. The molecule has 1 rings (SSSR count). The van der Waals surface area contributed by atoms with Gasteiger partial charge in [0.05, 0.1) is 18.8 Å². The lowest BCUT2D eigenvalue weighted by Crippen LogP contribution is -2.58. The Labute approximate surface area is 210 Å². The fraction of sp³-hybridized carbons (Fsp3) is 0.500. The first kappa shape index (κ1) is 30.5. The van der Waals surface area contributed by atoms with Crippen molar-refractivity contribution in [3.63, 3.8) is 0 Å².